The van der Waals surface area contributed by atoms with Gasteiger partial charge in [0.25, 0.3) is 0 Å². The highest BCUT2D eigenvalue weighted by Crippen LogP contribution is 2.11. The zero-order valence-corrected chi connectivity index (χ0v) is 9.78. The minimum atomic E-state index is 0.251. The van der Waals surface area contributed by atoms with Gasteiger partial charge in [0.1, 0.15) is 6.10 Å². The second-order valence-corrected chi connectivity index (χ2v) is 4.48. The molecule has 2 N–H and O–H groups in total. The average Bonchev–Trinajstić information content (AvgIpc) is 2.25. The molecule has 3 nitrogen and oxygen atoms in total. The van der Waals surface area contributed by atoms with Crippen LogP contribution in [0.25, 0.3) is 0 Å². The highest BCUT2D eigenvalue weighted by Gasteiger charge is 2.16. The van der Waals surface area contributed by atoms with Crippen LogP contribution in [0.3, 0.4) is 0 Å². The predicted molar refractivity (Wildman–Crippen MR) is 61.6 cm³/mol. The first-order valence-corrected chi connectivity index (χ1v) is 5.88. The van der Waals surface area contributed by atoms with Crippen molar-refractivity contribution in [3.8, 4) is 0 Å². The molecule has 1 aliphatic rings. The van der Waals surface area contributed by atoms with Gasteiger partial charge in [-0.05, 0) is 31.3 Å². The lowest BCUT2D eigenvalue weighted by Gasteiger charge is -2.26. The van der Waals surface area contributed by atoms with Crippen LogP contribution >= 0.6 is 0 Å². The van der Waals surface area contributed by atoms with Crippen LogP contribution in [-0.4, -0.2) is 30.4 Å². The number of nitrogens with one attached hydrogen (secondary N) is 1. The summed E-state index contributed by atoms with van der Waals surface area (Å²) in [5.41, 5.74) is 0. The van der Waals surface area contributed by atoms with Gasteiger partial charge in [0.2, 0.25) is 0 Å². The Bertz CT molecular complexity index is 192. The molecule has 0 amide bonds. The molecule has 0 saturated heterocycles. The number of rotatable bonds is 6. The minimum Gasteiger partial charge on any atom is -0.497 e. The standard InChI is InChI=1S/C12H23NO2/c1-10(2)12(6-7-14)13-9-11-5-3-4-8-15-11/h4,8,10-14H,3,5-7,9H2,1-2H3. The van der Waals surface area contributed by atoms with Crippen molar-refractivity contribution in [2.24, 2.45) is 5.92 Å². The van der Waals surface area contributed by atoms with Crippen molar-refractivity contribution >= 4 is 0 Å². The van der Waals surface area contributed by atoms with Gasteiger partial charge in [-0.25, -0.2) is 0 Å². The molecule has 0 bridgehead atoms. The summed E-state index contributed by atoms with van der Waals surface area (Å²) in [5, 5.41) is 12.4. The van der Waals surface area contributed by atoms with Crippen molar-refractivity contribution in [2.45, 2.75) is 45.3 Å². The van der Waals surface area contributed by atoms with Crippen LogP contribution in [-0.2, 0) is 4.74 Å². The van der Waals surface area contributed by atoms with E-state index in [1.54, 1.807) is 6.26 Å². The van der Waals surface area contributed by atoms with Gasteiger partial charge in [0.05, 0.1) is 6.26 Å². The van der Waals surface area contributed by atoms with E-state index >= 15 is 0 Å². The Morgan fingerprint density at radius 1 is 1.53 bits per heavy atom. The Hall–Kier alpha value is -0.540. The number of aliphatic hydroxyl groups is 1. The van der Waals surface area contributed by atoms with Crippen molar-refractivity contribution < 1.29 is 9.84 Å². The third kappa shape index (κ3) is 4.67. The molecule has 0 saturated carbocycles. The van der Waals surface area contributed by atoms with E-state index in [1.165, 1.54) is 0 Å². The van der Waals surface area contributed by atoms with Crippen molar-refractivity contribution in [2.75, 3.05) is 13.2 Å². The lowest BCUT2D eigenvalue weighted by atomic mass is 10.0. The van der Waals surface area contributed by atoms with E-state index in [0.29, 0.717) is 18.1 Å². The maximum atomic E-state index is 8.94. The summed E-state index contributed by atoms with van der Waals surface area (Å²) in [6.45, 7) is 5.48. The average molecular weight is 213 g/mol. The molecule has 0 fully saturated rings. The Morgan fingerprint density at radius 2 is 2.33 bits per heavy atom. The molecular weight excluding hydrogens is 190 g/mol. The topological polar surface area (TPSA) is 41.5 Å². The zero-order chi connectivity index (χ0) is 11.1. The molecule has 2 atom stereocenters. The zero-order valence-electron chi connectivity index (χ0n) is 9.78. The van der Waals surface area contributed by atoms with E-state index in [-0.39, 0.29) is 6.61 Å². The van der Waals surface area contributed by atoms with Crippen molar-refractivity contribution in [1.82, 2.24) is 5.32 Å². The molecule has 88 valence electrons. The van der Waals surface area contributed by atoms with E-state index in [4.69, 9.17) is 9.84 Å². The summed E-state index contributed by atoms with van der Waals surface area (Å²) < 4.78 is 5.48. The van der Waals surface area contributed by atoms with E-state index in [0.717, 1.165) is 25.8 Å². The van der Waals surface area contributed by atoms with Crippen LogP contribution in [0, 0.1) is 5.92 Å². The molecule has 0 aromatic rings. The van der Waals surface area contributed by atoms with Gasteiger partial charge in [0, 0.05) is 19.2 Å². The predicted octanol–water partition coefficient (Wildman–Crippen LogP) is 1.68. The Balaban J connectivity index is 2.23. The lowest BCUT2D eigenvalue weighted by molar-refractivity contribution is 0.114. The largest absolute Gasteiger partial charge is 0.497 e. The molecule has 0 radical (unpaired) electrons. The van der Waals surface area contributed by atoms with Gasteiger partial charge in [-0.3, -0.25) is 0 Å². The number of allylic oxidation sites excluding steroid dienone is 1. The summed E-state index contributed by atoms with van der Waals surface area (Å²) in [5.74, 6) is 0.552. The van der Waals surface area contributed by atoms with Gasteiger partial charge in [-0.15, -0.1) is 0 Å². The number of aliphatic hydroxyl groups excluding tert-OH is 1. The summed E-state index contributed by atoms with van der Waals surface area (Å²) in [6, 6.07) is 0.393. The van der Waals surface area contributed by atoms with Gasteiger partial charge >= 0.3 is 0 Å². The van der Waals surface area contributed by atoms with Gasteiger partial charge in [-0.2, -0.15) is 0 Å². The molecule has 0 spiro atoms. The highest BCUT2D eigenvalue weighted by molar-refractivity contribution is 4.84. The van der Waals surface area contributed by atoms with Gasteiger partial charge in [-0.1, -0.05) is 13.8 Å². The summed E-state index contributed by atoms with van der Waals surface area (Å²) in [7, 11) is 0. The van der Waals surface area contributed by atoms with Crippen LogP contribution < -0.4 is 5.32 Å². The minimum absolute atomic E-state index is 0.251. The fraction of sp³-hybridized carbons (Fsp3) is 0.833. The quantitative estimate of drug-likeness (QED) is 0.705. The molecule has 1 rings (SSSR count). The van der Waals surface area contributed by atoms with Crippen molar-refractivity contribution in [1.29, 1.82) is 0 Å². The van der Waals surface area contributed by atoms with Crippen LogP contribution in [0.1, 0.15) is 33.1 Å². The second kappa shape index (κ2) is 6.85. The first-order valence-electron chi connectivity index (χ1n) is 5.88. The highest BCUT2D eigenvalue weighted by atomic mass is 16.5. The number of hydrogen-bond acceptors (Lipinski definition) is 3. The summed E-state index contributed by atoms with van der Waals surface area (Å²) in [4.78, 5) is 0. The number of hydrogen-bond donors (Lipinski definition) is 2. The summed E-state index contributed by atoms with van der Waals surface area (Å²) in [6.07, 6.45) is 7.18. The van der Waals surface area contributed by atoms with Gasteiger partial charge in [0.15, 0.2) is 0 Å². The van der Waals surface area contributed by atoms with Crippen LogP contribution in [0.2, 0.25) is 0 Å². The normalized spacial score (nSPS) is 22.8. The molecular formula is C12H23NO2. The molecule has 0 aromatic carbocycles. The Morgan fingerprint density at radius 3 is 2.87 bits per heavy atom. The molecule has 0 aliphatic carbocycles. The van der Waals surface area contributed by atoms with Crippen LogP contribution in [0.5, 0.6) is 0 Å². The third-order valence-electron chi connectivity index (χ3n) is 2.88. The molecule has 0 aromatic heterocycles. The first kappa shape index (κ1) is 12.5. The molecule has 1 heterocycles. The second-order valence-electron chi connectivity index (χ2n) is 4.48. The van der Waals surface area contributed by atoms with E-state index in [9.17, 15) is 0 Å². The SMILES string of the molecule is CC(C)C(CCO)NCC1CCC=CO1. The van der Waals surface area contributed by atoms with E-state index in [1.807, 2.05) is 0 Å². The lowest BCUT2D eigenvalue weighted by Crippen LogP contribution is -2.40. The molecule has 3 heteroatoms. The molecule has 15 heavy (non-hydrogen) atoms. The maximum Gasteiger partial charge on any atom is 0.110 e. The first-order chi connectivity index (χ1) is 7.24. The number of ether oxygens (including phenoxy) is 1. The van der Waals surface area contributed by atoms with Crippen molar-refractivity contribution in [3.63, 3.8) is 0 Å². The van der Waals surface area contributed by atoms with Gasteiger partial charge < -0.3 is 15.2 Å². The Kier molecular flexibility index (Phi) is 5.73. The molecule has 1 aliphatic heterocycles. The maximum absolute atomic E-state index is 8.94. The monoisotopic (exact) mass is 213 g/mol. The fourth-order valence-electron chi connectivity index (χ4n) is 1.83. The van der Waals surface area contributed by atoms with E-state index in [2.05, 4.69) is 25.2 Å². The fourth-order valence-corrected chi connectivity index (χ4v) is 1.83. The third-order valence-corrected chi connectivity index (χ3v) is 2.88. The van der Waals surface area contributed by atoms with Crippen molar-refractivity contribution in [3.05, 3.63) is 12.3 Å². The smallest absolute Gasteiger partial charge is 0.110 e. The van der Waals surface area contributed by atoms with Crippen LogP contribution in [0.15, 0.2) is 12.3 Å². The Labute approximate surface area is 92.5 Å². The summed E-state index contributed by atoms with van der Waals surface area (Å²) >= 11 is 0. The molecule has 2 unspecified atom stereocenters. The van der Waals surface area contributed by atoms with Crippen LogP contribution in [0.4, 0.5) is 0 Å². The van der Waals surface area contributed by atoms with E-state index < -0.39 is 0 Å².